The molecule has 1 aromatic rings. The summed E-state index contributed by atoms with van der Waals surface area (Å²) in [5.74, 6) is 0.810. The number of anilines is 2. The van der Waals surface area contributed by atoms with Crippen LogP contribution in [0.3, 0.4) is 0 Å². The number of hydrogen-bond acceptors (Lipinski definition) is 3. The number of nitrogens with two attached hydrogens (primary N) is 1. The smallest absolute Gasteiger partial charge is 0.191 e. The van der Waals surface area contributed by atoms with Gasteiger partial charge >= 0.3 is 0 Å². The van der Waals surface area contributed by atoms with Gasteiger partial charge in [0.05, 0.1) is 0 Å². The van der Waals surface area contributed by atoms with E-state index in [1.165, 1.54) is 24.9 Å². The topological polar surface area (TPSA) is 38.5 Å². The largest absolute Gasteiger partial charge is 0.417 e. The molecule has 0 radical (unpaired) electrons. The Morgan fingerprint density at radius 1 is 1.13 bits per heavy atom. The molecule has 2 N–H and O–H groups in total. The maximum atomic E-state index is 6.33. The van der Waals surface area contributed by atoms with Crippen LogP contribution in [0.15, 0.2) is 24.3 Å². The molecule has 1 aromatic carbocycles. The van der Waals surface area contributed by atoms with Crippen LogP contribution in [-0.4, -0.2) is 28.0 Å². The lowest BCUT2D eigenvalue weighted by Crippen LogP contribution is -2.41. The van der Waals surface area contributed by atoms with Crippen molar-refractivity contribution in [2.24, 2.45) is 5.92 Å². The van der Waals surface area contributed by atoms with Crippen molar-refractivity contribution < 1.29 is 4.43 Å². The predicted octanol–water partition coefficient (Wildman–Crippen LogP) is 4.90. The molecule has 130 valence electrons. The van der Waals surface area contributed by atoms with Gasteiger partial charge in [-0.1, -0.05) is 20.8 Å². The van der Waals surface area contributed by atoms with Crippen LogP contribution < -0.4 is 10.6 Å². The Hall–Kier alpha value is -1.00. The molecule has 1 saturated heterocycles. The zero-order valence-electron chi connectivity index (χ0n) is 15.6. The predicted molar refractivity (Wildman–Crippen MR) is 104 cm³/mol. The summed E-state index contributed by atoms with van der Waals surface area (Å²) in [7, 11) is -1.58. The van der Waals surface area contributed by atoms with Gasteiger partial charge in [-0.05, 0) is 67.6 Å². The van der Waals surface area contributed by atoms with Crippen LogP contribution in [0.5, 0.6) is 0 Å². The normalized spacial score (nSPS) is 17.5. The van der Waals surface area contributed by atoms with Gasteiger partial charge in [0.15, 0.2) is 8.32 Å². The molecule has 1 aliphatic heterocycles. The Morgan fingerprint density at radius 2 is 1.70 bits per heavy atom. The lowest BCUT2D eigenvalue weighted by molar-refractivity contribution is 0.240. The van der Waals surface area contributed by atoms with E-state index in [0.717, 1.165) is 31.3 Å². The number of nitrogen functional groups attached to an aromatic ring is 1. The summed E-state index contributed by atoms with van der Waals surface area (Å²) < 4.78 is 6.33. The van der Waals surface area contributed by atoms with Crippen molar-refractivity contribution in [3.63, 3.8) is 0 Å². The average molecular weight is 335 g/mol. The maximum Gasteiger partial charge on any atom is 0.191 e. The lowest BCUT2D eigenvalue weighted by Gasteiger charge is -2.37. The van der Waals surface area contributed by atoms with Crippen molar-refractivity contribution in [2.45, 2.75) is 58.2 Å². The molecule has 0 unspecified atom stereocenters. The van der Waals surface area contributed by atoms with E-state index in [0.29, 0.717) is 5.04 Å². The van der Waals surface area contributed by atoms with E-state index < -0.39 is 8.32 Å². The fourth-order valence-electron chi connectivity index (χ4n) is 2.86. The third-order valence-electron chi connectivity index (χ3n) is 5.67. The fourth-order valence-corrected chi connectivity index (χ4v) is 3.92. The monoisotopic (exact) mass is 334 g/mol. The molecular formula is C19H34N2OSi. The van der Waals surface area contributed by atoms with Crippen LogP contribution in [0.1, 0.15) is 40.0 Å². The second-order valence-electron chi connectivity index (χ2n) is 8.42. The number of rotatable bonds is 5. The molecule has 0 atom stereocenters. The van der Waals surface area contributed by atoms with Gasteiger partial charge in [-0.2, -0.15) is 0 Å². The summed E-state index contributed by atoms with van der Waals surface area (Å²) in [4.78, 5) is 2.48. The minimum Gasteiger partial charge on any atom is -0.417 e. The van der Waals surface area contributed by atoms with E-state index in [2.05, 4.69) is 50.9 Å². The second kappa shape index (κ2) is 7.26. The first-order valence-electron chi connectivity index (χ1n) is 8.93. The number of benzene rings is 1. The first-order chi connectivity index (χ1) is 10.7. The second-order valence-corrected chi connectivity index (χ2v) is 13.2. The Bertz CT molecular complexity index is 485. The van der Waals surface area contributed by atoms with Crippen molar-refractivity contribution in [3.05, 3.63) is 24.3 Å². The van der Waals surface area contributed by atoms with Gasteiger partial charge in [0.2, 0.25) is 0 Å². The molecule has 1 fully saturated rings. The Morgan fingerprint density at radius 3 is 2.22 bits per heavy atom. The molecule has 0 saturated carbocycles. The molecule has 0 aromatic heterocycles. The Kier molecular flexibility index (Phi) is 5.79. The van der Waals surface area contributed by atoms with E-state index in [9.17, 15) is 0 Å². The van der Waals surface area contributed by atoms with Gasteiger partial charge in [0.25, 0.3) is 0 Å². The molecular weight excluding hydrogens is 300 g/mol. The quantitative estimate of drug-likeness (QED) is 0.615. The summed E-state index contributed by atoms with van der Waals surface area (Å²) in [6.07, 6.45) is 3.75. The average Bonchev–Trinajstić information content (AvgIpc) is 2.47. The molecule has 3 nitrogen and oxygen atoms in total. The summed E-state index contributed by atoms with van der Waals surface area (Å²) in [6, 6.07) is 8.26. The molecule has 23 heavy (non-hydrogen) atoms. The minimum atomic E-state index is -1.58. The summed E-state index contributed by atoms with van der Waals surface area (Å²) in [5, 5.41) is 0.311. The fraction of sp³-hybridized carbons (Fsp3) is 0.684. The third kappa shape index (κ3) is 4.98. The van der Waals surface area contributed by atoms with E-state index in [4.69, 9.17) is 10.2 Å². The van der Waals surface area contributed by atoms with Crippen molar-refractivity contribution >= 4 is 19.7 Å². The number of nitrogens with zero attached hydrogens (tertiary/aromatic N) is 1. The van der Waals surface area contributed by atoms with E-state index in [1.807, 2.05) is 12.1 Å². The van der Waals surface area contributed by atoms with Crippen molar-refractivity contribution in [1.29, 1.82) is 0 Å². The standard InChI is InChI=1S/C19H34N2OSi/c1-19(2,3)23(4,5)22-15-12-16-10-13-21(14-11-16)18-8-6-17(20)7-9-18/h6-9,16H,10-15,20H2,1-5H3. The molecule has 0 aliphatic carbocycles. The highest BCUT2D eigenvalue weighted by Gasteiger charge is 2.37. The van der Waals surface area contributed by atoms with Crippen molar-refractivity contribution in [3.8, 4) is 0 Å². The maximum absolute atomic E-state index is 6.33. The lowest BCUT2D eigenvalue weighted by atomic mass is 9.93. The summed E-state index contributed by atoms with van der Waals surface area (Å²) in [6.45, 7) is 14.8. The minimum absolute atomic E-state index is 0.311. The first kappa shape index (κ1) is 18.3. The Balaban J connectivity index is 1.74. The number of piperidine rings is 1. The van der Waals surface area contributed by atoms with Gasteiger partial charge in [0, 0.05) is 31.1 Å². The van der Waals surface area contributed by atoms with Crippen LogP contribution in [-0.2, 0) is 4.43 Å². The highest BCUT2D eigenvalue weighted by molar-refractivity contribution is 6.74. The molecule has 1 heterocycles. The summed E-state index contributed by atoms with van der Waals surface area (Å²) in [5.41, 5.74) is 7.91. The molecule has 2 rings (SSSR count). The molecule has 0 amide bonds. The van der Waals surface area contributed by atoms with E-state index in [-0.39, 0.29) is 0 Å². The van der Waals surface area contributed by atoms with Crippen LogP contribution >= 0.6 is 0 Å². The zero-order valence-corrected chi connectivity index (χ0v) is 16.6. The van der Waals surface area contributed by atoms with E-state index >= 15 is 0 Å². The van der Waals surface area contributed by atoms with Gasteiger partial charge < -0.3 is 15.1 Å². The number of hydrogen-bond donors (Lipinski definition) is 1. The molecule has 1 aliphatic rings. The SMILES string of the molecule is CC(C)(C)[Si](C)(C)OCCC1CCN(c2ccc(N)cc2)CC1. The van der Waals surface area contributed by atoms with Crippen LogP contribution in [0.25, 0.3) is 0 Å². The molecule has 4 heteroatoms. The Labute approximate surface area is 143 Å². The van der Waals surface area contributed by atoms with Gasteiger partial charge in [-0.3, -0.25) is 0 Å². The van der Waals surface area contributed by atoms with E-state index in [1.54, 1.807) is 0 Å². The van der Waals surface area contributed by atoms with Gasteiger partial charge in [-0.15, -0.1) is 0 Å². The highest BCUT2D eigenvalue weighted by atomic mass is 28.4. The molecule has 0 spiro atoms. The van der Waals surface area contributed by atoms with Crippen molar-refractivity contribution in [2.75, 3.05) is 30.3 Å². The van der Waals surface area contributed by atoms with Gasteiger partial charge in [-0.25, -0.2) is 0 Å². The van der Waals surface area contributed by atoms with Crippen molar-refractivity contribution in [1.82, 2.24) is 0 Å². The summed E-state index contributed by atoms with van der Waals surface area (Å²) >= 11 is 0. The highest BCUT2D eigenvalue weighted by Crippen LogP contribution is 2.37. The van der Waals surface area contributed by atoms with Crippen LogP contribution in [0.4, 0.5) is 11.4 Å². The van der Waals surface area contributed by atoms with Gasteiger partial charge in [0.1, 0.15) is 0 Å². The van der Waals surface area contributed by atoms with Crippen LogP contribution in [0.2, 0.25) is 18.1 Å². The third-order valence-corrected chi connectivity index (χ3v) is 10.2. The first-order valence-corrected chi connectivity index (χ1v) is 11.8. The van der Waals surface area contributed by atoms with Crippen LogP contribution in [0, 0.1) is 5.92 Å². The zero-order chi connectivity index (χ0) is 17.1. The molecule has 0 bridgehead atoms.